The summed E-state index contributed by atoms with van der Waals surface area (Å²) in [5.41, 5.74) is 6.74. The lowest BCUT2D eigenvalue weighted by molar-refractivity contribution is 0.0587. The lowest BCUT2D eigenvalue weighted by Crippen LogP contribution is -2.33. The Labute approximate surface area is 146 Å². The van der Waals surface area contributed by atoms with Gasteiger partial charge in [-0.25, -0.2) is 0 Å². The van der Waals surface area contributed by atoms with Gasteiger partial charge in [-0.15, -0.1) is 0 Å². The molecule has 0 aliphatic carbocycles. The van der Waals surface area contributed by atoms with Crippen molar-refractivity contribution in [3.05, 3.63) is 47.0 Å². The molecule has 2 N–H and O–H groups in total. The van der Waals surface area contributed by atoms with Gasteiger partial charge in [0.05, 0.1) is 29.7 Å². The minimum Gasteiger partial charge on any atom is -0.492 e. The van der Waals surface area contributed by atoms with E-state index >= 15 is 0 Å². The number of benzene rings is 1. The fourth-order valence-corrected chi connectivity index (χ4v) is 2.76. The van der Waals surface area contributed by atoms with E-state index in [1.807, 2.05) is 38.1 Å². The molecule has 0 fully saturated rings. The third-order valence-corrected chi connectivity index (χ3v) is 4.08. The summed E-state index contributed by atoms with van der Waals surface area (Å²) in [7, 11) is 1.75. The van der Waals surface area contributed by atoms with Crippen LogP contribution in [0.5, 0.6) is 5.75 Å². The normalized spacial score (nSPS) is 12.8. The summed E-state index contributed by atoms with van der Waals surface area (Å²) in [6.45, 7) is 4.74. The Morgan fingerprint density at radius 2 is 1.96 bits per heavy atom. The number of hydrogen-bond donors (Lipinski definition) is 1. The molecule has 0 radical (unpaired) electrons. The zero-order chi connectivity index (χ0) is 18.0. The van der Waals surface area contributed by atoms with Crippen molar-refractivity contribution in [1.82, 2.24) is 9.55 Å². The van der Waals surface area contributed by atoms with Crippen LogP contribution >= 0.6 is 0 Å². The summed E-state index contributed by atoms with van der Waals surface area (Å²) in [5.74, 6) is 0.677. The van der Waals surface area contributed by atoms with Crippen molar-refractivity contribution in [2.75, 3.05) is 13.2 Å². The molecule has 0 amide bonds. The van der Waals surface area contributed by atoms with Gasteiger partial charge in [-0.3, -0.25) is 9.78 Å². The Bertz CT molecular complexity index is 950. The molecule has 132 valence electrons. The quantitative estimate of drug-likeness (QED) is 0.696. The van der Waals surface area contributed by atoms with Gasteiger partial charge in [0.1, 0.15) is 12.4 Å². The van der Waals surface area contributed by atoms with Gasteiger partial charge in [-0.1, -0.05) is 0 Å². The Kier molecular flexibility index (Phi) is 5.01. The van der Waals surface area contributed by atoms with Crippen LogP contribution in [-0.2, 0) is 11.8 Å². The van der Waals surface area contributed by atoms with E-state index in [0.717, 1.165) is 16.3 Å². The molecular formula is C19H23N3O3. The smallest absolute Gasteiger partial charge is 0.260 e. The highest BCUT2D eigenvalue weighted by molar-refractivity contribution is 6.05. The van der Waals surface area contributed by atoms with Crippen LogP contribution in [0, 0.1) is 0 Å². The maximum absolute atomic E-state index is 12.5. The topological polar surface area (TPSA) is 79.4 Å². The molecule has 2 aromatic heterocycles. The first-order valence-electron chi connectivity index (χ1n) is 8.34. The van der Waals surface area contributed by atoms with E-state index in [9.17, 15) is 4.79 Å². The van der Waals surface area contributed by atoms with Gasteiger partial charge in [0, 0.05) is 30.9 Å². The van der Waals surface area contributed by atoms with Crippen molar-refractivity contribution >= 4 is 21.7 Å². The largest absolute Gasteiger partial charge is 0.492 e. The molecule has 0 aliphatic heterocycles. The third kappa shape index (κ3) is 3.65. The first kappa shape index (κ1) is 17.4. The highest BCUT2D eigenvalue weighted by atomic mass is 16.5. The molecule has 3 rings (SSSR count). The molecule has 0 spiro atoms. The van der Waals surface area contributed by atoms with Crippen LogP contribution in [0.4, 0.5) is 0 Å². The van der Waals surface area contributed by atoms with Crippen molar-refractivity contribution in [2.45, 2.75) is 26.0 Å². The molecule has 6 heteroatoms. The van der Waals surface area contributed by atoms with Gasteiger partial charge >= 0.3 is 0 Å². The minimum atomic E-state index is -0.204. The average Bonchev–Trinajstić information content (AvgIpc) is 2.62. The van der Waals surface area contributed by atoms with Crippen LogP contribution < -0.4 is 16.0 Å². The zero-order valence-electron chi connectivity index (χ0n) is 14.7. The Morgan fingerprint density at radius 3 is 2.72 bits per heavy atom. The lowest BCUT2D eigenvalue weighted by atomic mass is 10.1. The van der Waals surface area contributed by atoms with Gasteiger partial charge in [-0.05, 0) is 37.4 Å². The monoisotopic (exact) mass is 341 g/mol. The van der Waals surface area contributed by atoms with E-state index in [4.69, 9.17) is 15.2 Å². The van der Waals surface area contributed by atoms with Gasteiger partial charge in [0.15, 0.2) is 0 Å². The number of hydrogen-bond acceptors (Lipinski definition) is 5. The molecule has 0 saturated carbocycles. The zero-order valence-corrected chi connectivity index (χ0v) is 14.7. The second-order valence-corrected chi connectivity index (χ2v) is 6.42. The highest BCUT2D eigenvalue weighted by Crippen LogP contribution is 2.25. The van der Waals surface area contributed by atoms with Crippen LogP contribution in [0.25, 0.3) is 21.7 Å². The fourth-order valence-electron chi connectivity index (χ4n) is 2.76. The first-order chi connectivity index (χ1) is 12.0. The molecule has 3 aromatic rings. The van der Waals surface area contributed by atoms with Crippen molar-refractivity contribution < 1.29 is 9.47 Å². The molecule has 0 bridgehead atoms. The van der Waals surface area contributed by atoms with Crippen LogP contribution in [0.15, 0.2) is 41.5 Å². The number of aromatic nitrogens is 2. The summed E-state index contributed by atoms with van der Waals surface area (Å²) in [6, 6.07) is 7.38. The molecule has 1 unspecified atom stereocenters. The van der Waals surface area contributed by atoms with E-state index in [0.29, 0.717) is 24.3 Å². The van der Waals surface area contributed by atoms with E-state index in [2.05, 4.69) is 4.98 Å². The van der Waals surface area contributed by atoms with Gasteiger partial charge in [0.25, 0.3) is 5.56 Å². The summed E-state index contributed by atoms with van der Waals surface area (Å²) in [5, 5.41) is 2.49. The van der Waals surface area contributed by atoms with E-state index in [1.54, 1.807) is 24.0 Å². The molecule has 6 nitrogen and oxygen atoms in total. The van der Waals surface area contributed by atoms with E-state index in [-0.39, 0.29) is 17.7 Å². The molecule has 25 heavy (non-hydrogen) atoms. The predicted molar refractivity (Wildman–Crippen MR) is 99.0 cm³/mol. The van der Waals surface area contributed by atoms with Gasteiger partial charge < -0.3 is 19.8 Å². The number of pyridine rings is 2. The summed E-state index contributed by atoms with van der Waals surface area (Å²) in [4.78, 5) is 16.6. The minimum absolute atomic E-state index is 0.0743. The highest BCUT2D eigenvalue weighted by Gasteiger charge is 2.10. The summed E-state index contributed by atoms with van der Waals surface area (Å²) < 4.78 is 12.9. The molecule has 0 saturated heterocycles. The number of rotatable bonds is 6. The maximum Gasteiger partial charge on any atom is 0.260 e. The fraction of sp³-hybridized carbons (Fsp3) is 0.368. The van der Waals surface area contributed by atoms with Crippen molar-refractivity contribution in [2.24, 2.45) is 12.8 Å². The maximum atomic E-state index is 12.5. The number of fused-ring (bicyclic) bond motifs is 3. The van der Waals surface area contributed by atoms with Crippen LogP contribution in [-0.4, -0.2) is 34.9 Å². The Balaban J connectivity index is 1.89. The van der Waals surface area contributed by atoms with Crippen LogP contribution in [0.2, 0.25) is 0 Å². The van der Waals surface area contributed by atoms with Crippen molar-refractivity contribution in [3.63, 3.8) is 0 Å². The van der Waals surface area contributed by atoms with E-state index in [1.165, 1.54) is 0 Å². The Hall–Kier alpha value is -2.44. The van der Waals surface area contributed by atoms with Crippen molar-refractivity contribution in [3.8, 4) is 5.75 Å². The number of nitrogens with zero attached hydrogens (tertiary/aromatic N) is 2. The van der Waals surface area contributed by atoms with Crippen LogP contribution in [0.3, 0.4) is 0 Å². The third-order valence-electron chi connectivity index (χ3n) is 4.08. The van der Waals surface area contributed by atoms with Crippen molar-refractivity contribution in [1.29, 1.82) is 0 Å². The molecule has 1 aromatic carbocycles. The molecule has 1 atom stereocenters. The molecular weight excluding hydrogens is 318 g/mol. The van der Waals surface area contributed by atoms with Gasteiger partial charge in [0.2, 0.25) is 0 Å². The van der Waals surface area contributed by atoms with E-state index < -0.39 is 0 Å². The summed E-state index contributed by atoms with van der Waals surface area (Å²) >= 11 is 0. The van der Waals surface area contributed by atoms with Crippen LogP contribution in [0.1, 0.15) is 13.8 Å². The standard InChI is InChI=1S/C19H23N3O3/c1-12(2)24-10-13(20)11-25-14-4-5-16-15-6-7-21-9-17(15)19(23)22(3)18(16)8-14/h4-9,12-13H,10-11,20H2,1-3H3. The number of nitrogens with two attached hydrogens (primary N) is 1. The Morgan fingerprint density at radius 1 is 1.16 bits per heavy atom. The molecule has 2 heterocycles. The number of ether oxygens (including phenoxy) is 2. The second-order valence-electron chi connectivity index (χ2n) is 6.42. The van der Waals surface area contributed by atoms with Gasteiger partial charge in [-0.2, -0.15) is 0 Å². The number of aryl methyl sites for hydroxylation is 1. The predicted octanol–water partition coefficient (Wildman–Crippen LogP) is 2.22. The lowest BCUT2D eigenvalue weighted by Gasteiger charge is -2.16. The average molecular weight is 341 g/mol. The second kappa shape index (κ2) is 7.21. The molecule has 0 aliphatic rings. The first-order valence-corrected chi connectivity index (χ1v) is 8.34. The summed E-state index contributed by atoms with van der Waals surface area (Å²) in [6.07, 6.45) is 3.44. The SMILES string of the molecule is CC(C)OCC(N)COc1ccc2c3ccncc3c(=O)n(C)c2c1.